The van der Waals surface area contributed by atoms with Gasteiger partial charge >= 0.3 is 11.7 Å². The van der Waals surface area contributed by atoms with Gasteiger partial charge in [-0.25, -0.2) is 4.79 Å². The maximum Gasteiger partial charge on any atom is 0.419 e. The minimum absolute atomic E-state index is 0.0185. The van der Waals surface area contributed by atoms with Gasteiger partial charge in [0.1, 0.15) is 6.29 Å². The molecule has 0 atom stereocenters. The van der Waals surface area contributed by atoms with Gasteiger partial charge < -0.3 is 9.52 Å². The van der Waals surface area contributed by atoms with Crippen molar-refractivity contribution in [2.75, 3.05) is 0 Å². The molecule has 1 fully saturated rings. The molecule has 1 saturated carbocycles. The van der Waals surface area contributed by atoms with Crippen LogP contribution in [0.25, 0.3) is 11.1 Å². The van der Waals surface area contributed by atoms with E-state index in [9.17, 15) is 14.4 Å². The molecule has 2 aromatic rings. The van der Waals surface area contributed by atoms with Gasteiger partial charge in [-0.3, -0.25) is 14.2 Å². The van der Waals surface area contributed by atoms with Gasteiger partial charge in [-0.05, 0) is 25.0 Å². The number of rotatable bonds is 2. The Morgan fingerprint density at radius 2 is 2.15 bits per heavy atom. The standard InChI is InChI=1S/C9H6ClNO3.C4H6O2/c1-11-7-3-5(4-12)2-6(10)8(7)14-9(11)13;5-4(6)3-1-2-3/h2-4H,1H3;3H,1-2H2,(H,5,6). The molecule has 0 spiro atoms. The number of nitrogens with zero attached hydrogens (tertiary/aromatic N) is 1. The van der Waals surface area contributed by atoms with E-state index in [-0.39, 0.29) is 10.9 Å². The summed E-state index contributed by atoms with van der Waals surface area (Å²) in [5.74, 6) is -1.11. The second kappa shape index (κ2) is 5.50. The summed E-state index contributed by atoms with van der Waals surface area (Å²) in [6.07, 6.45) is 2.47. The molecule has 1 heterocycles. The zero-order valence-corrected chi connectivity index (χ0v) is 11.4. The highest BCUT2D eigenvalue weighted by molar-refractivity contribution is 6.35. The van der Waals surface area contributed by atoms with Gasteiger partial charge in [0.05, 0.1) is 16.5 Å². The third-order valence-electron chi connectivity index (χ3n) is 2.93. The first-order valence-electron chi connectivity index (χ1n) is 5.91. The van der Waals surface area contributed by atoms with Crippen molar-refractivity contribution in [1.82, 2.24) is 4.57 Å². The lowest BCUT2D eigenvalue weighted by Crippen LogP contribution is -2.08. The third-order valence-corrected chi connectivity index (χ3v) is 3.21. The molecular weight excluding hydrogens is 286 g/mol. The second-order valence-electron chi connectivity index (χ2n) is 4.51. The van der Waals surface area contributed by atoms with Crippen LogP contribution in [-0.4, -0.2) is 21.9 Å². The molecule has 7 heteroatoms. The number of aldehydes is 1. The number of benzene rings is 1. The van der Waals surface area contributed by atoms with Gasteiger partial charge in [0.15, 0.2) is 5.58 Å². The van der Waals surface area contributed by atoms with Crippen LogP contribution in [0.3, 0.4) is 0 Å². The smallest absolute Gasteiger partial charge is 0.419 e. The first-order chi connectivity index (χ1) is 9.43. The average Bonchev–Trinajstić information content (AvgIpc) is 3.21. The van der Waals surface area contributed by atoms with Gasteiger partial charge in [0.25, 0.3) is 0 Å². The van der Waals surface area contributed by atoms with Crippen LogP contribution in [0.4, 0.5) is 0 Å². The molecular formula is C13H12ClNO5. The van der Waals surface area contributed by atoms with Crippen molar-refractivity contribution in [1.29, 1.82) is 0 Å². The van der Waals surface area contributed by atoms with Crippen LogP contribution in [0.1, 0.15) is 23.2 Å². The normalized spacial score (nSPS) is 13.7. The number of oxazole rings is 1. The summed E-state index contributed by atoms with van der Waals surface area (Å²) < 4.78 is 6.19. The Morgan fingerprint density at radius 1 is 1.50 bits per heavy atom. The molecule has 0 unspecified atom stereocenters. The minimum Gasteiger partial charge on any atom is -0.481 e. The van der Waals surface area contributed by atoms with Gasteiger partial charge in [0.2, 0.25) is 0 Å². The van der Waals surface area contributed by atoms with E-state index in [1.165, 1.54) is 10.6 Å². The van der Waals surface area contributed by atoms with Crippen LogP contribution >= 0.6 is 11.6 Å². The Bertz CT molecular complexity index is 726. The van der Waals surface area contributed by atoms with E-state index in [1.807, 2.05) is 0 Å². The van der Waals surface area contributed by atoms with Gasteiger partial charge in [-0.2, -0.15) is 0 Å². The van der Waals surface area contributed by atoms with Gasteiger partial charge in [-0.1, -0.05) is 11.6 Å². The topological polar surface area (TPSA) is 89.5 Å². The number of hydrogen-bond donors (Lipinski definition) is 1. The van der Waals surface area contributed by atoms with Crippen molar-refractivity contribution in [3.05, 3.63) is 33.3 Å². The van der Waals surface area contributed by atoms with Crippen molar-refractivity contribution < 1.29 is 19.1 Å². The number of carbonyl (C=O) groups is 2. The highest BCUT2D eigenvalue weighted by atomic mass is 35.5. The lowest BCUT2D eigenvalue weighted by Gasteiger charge is -1.95. The lowest BCUT2D eigenvalue weighted by atomic mass is 10.2. The maximum absolute atomic E-state index is 11.1. The number of aryl methyl sites for hydroxylation is 1. The summed E-state index contributed by atoms with van der Waals surface area (Å²) >= 11 is 5.82. The highest BCUT2D eigenvalue weighted by Crippen LogP contribution is 2.28. The summed E-state index contributed by atoms with van der Waals surface area (Å²) in [4.78, 5) is 31.4. The molecule has 1 aliphatic carbocycles. The first kappa shape index (κ1) is 14.3. The fourth-order valence-corrected chi connectivity index (χ4v) is 1.86. The number of aliphatic carboxylic acids is 1. The summed E-state index contributed by atoms with van der Waals surface area (Å²) in [5.41, 5.74) is 1.24. The van der Waals surface area contributed by atoms with E-state index in [4.69, 9.17) is 21.1 Å². The second-order valence-corrected chi connectivity index (χ2v) is 4.92. The SMILES string of the molecule is Cn1c(=O)oc2c(Cl)cc(C=O)cc21.O=C(O)C1CC1. The Labute approximate surface area is 118 Å². The number of fused-ring (bicyclic) bond motifs is 1. The van der Waals surface area contributed by atoms with E-state index in [0.29, 0.717) is 22.9 Å². The van der Waals surface area contributed by atoms with Crippen molar-refractivity contribution in [2.24, 2.45) is 13.0 Å². The minimum atomic E-state index is -0.630. The van der Waals surface area contributed by atoms with Gasteiger partial charge in [-0.15, -0.1) is 0 Å². The zero-order valence-electron chi connectivity index (χ0n) is 10.6. The number of carboxylic acids is 1. The highest BCUT2D eigenvalue weighted by Gasteiger charge is 2.28. The summed E-state index contributed by atoms with van der Waals surface area (Å²) in [7, 11) is 1.55. The van der Waals surface area contributed by atoms with Gasteiger partial charge in [0, 0.05) is 12.6 Å². The molecule has 1 aromatic heterocycles. The van der Waals surface area contributed by atoms with E-state index in [1.54, 1.807) is 13.1 Å². The number of halogens is 1. The molecule has 1 aliphatic rings. The van der Waals surface area contributed by atoms with Crippen LogP contribution in [0.2, 0.25) is 5.02 Å². The van der Waals surface area contributed by atoms with Crippen molar-refractivity contribution >= 4 is 35.0 Å². The maximum atomic E-state index is 11.1. The van der Waals surface area contributed by atoms with Crippen molar-refractivity contribution in [3.8, 4) is 0 Å². The molecule has 1 N–H and O–H groups in total. The molecule has 0 amide bonds. The van der Waals surface area contributed by atoms with E-state index < -0.39 is 11.7 Å². The fraction of sp³-hybridized carbons (Fsp3) is 0.308. The van der Waals surface area contributed by atoms with Crippen molar-refractivity contribution in [2.45, 2.75) is 12.8 Å². The Balaban J connectivity index is 0.000000205. The third kappa shape index (κ3) is 2.91. The zero-order chi connectivity index (χ0) is 14.9. The molecule has 3 rings (SSSR count). The van der Waals surface area contributed by atoms with Crippen LogP contribution in [-0.2, 0) is 11.8 Å². The van der Waals surface area contributed by atoms with E-state index >= 15 is 0 Å². The molecule has 0 bridgehead atoms. The average molecular weight is 298 g/mol. The lowest BCUT2D eigenvalue weighted by molar-refractivity contribution is -0.138. The Kier molecular flexibility index (Phi) is 3.94. The molecule has 106 valence electrons. The number of aromatic nitrogens is 1. The number of carbonyl (C=O) groups excluding carboxylic acids is 1. The van der Waals surface area contributed by atoms with Crippen LogP contribution in [0, 0.1) is 5.92 Å². The van der Waals surface area contributed by atoms with E-state index in [0.717, 1.165) is 12.8 Å². The number of hydrogen-bond acceptors (Lipinski definition) is 4. The number of carboxylic acid groups (broad SMARTS) is 1. The van der Waals surface area contributed by atoms with Crippen LogP contribution < -0.4 is 5.76 Å². The Morgan fingerprint density at radius 3 is 2.60 bits per heavy atom. The summed E-state index contributed by atoms with van der Waals surface area (Å²) in [5, 5.41) is 8.32. The fourth-order valence-electron chi connectivity index (χ4n) is 1.60. The molecule has 1 aromatic carbocycles. The molecule has 20 heavy (non-hydrogen) atoms. The van der Waals surface area contributed by atoms with Crippen LogP contribution in [0.15, 0.2) is 21.3 Å². The molecule has 0 aliphatic heterocycles. The Hall–Kier alpha value is -2.08. The predicted octanol–water partition coefficient (Wildman–Crippen LogP) is 2.08. The summed E-state index contributed by atoms with van der Waals surface area (Å²) in [6, 6.07) is 3.01. The quantitative estimate of drug-likeness (QED) is 0.857. The van der Waals surface area contributed by atoms with Crippen LogP contribution in [0.5, 0.6) is 0 Å². The first-order valence-corrected chi connectivity index (χ1v) is 6.29. The predicted molar refractivity (Wildman–Crippen MR) is 72.2 cm³/mol. The monoisotopic (exact) mass is 297 g/mol. The molecule has 6 nitrogen and oxygen atoms in total. The molecule has 0 radical (unpaired) electrons. The largest absolute Gasteiger partial charge is 0.481 e. The summed E-state index contributed by atoms with van der Waals surface area (Å²) in [6.45, 7) is 0. The van der Waals surface area contributed by atoms with E-state index in [2.05, 4.69) is 0 Å². The molecule has 0 saturated heterocycles. The van der Waals surface area contributed by atoms with Crippen molar-refractivity contribution in [3.63, 3.8) is 0 Å².